The van der Waals surface area contributed by atoms with Crippen molar-refractivity contribution >= 4 is 16.8 Å². The number of thiol groups is 1. The van der Waals surface area contributed by atoms with Crippen molar-refractivity contribution in [2.24, 2.45) is 0 Å². The predicted molar refractivity (Wildman–Crippen MR) is 75.1 cm³/mol. The van der Waals surface area contributed by atoms with Gasteiger partial charge in [0.15, 0.2) is 0 Å². The highest BCUT2D eigenvalue weighted by molar-refractivity contribution is 8.22. The van der Waals surface area contributed by atoms with Crippen LogP contribution in [-0.2, 0) is 4.79 Å². The summed E-state index contributed by atoms with van der Waals surface area (Å²) in [6.07, 6.45) is 4.06. The van der Waals surface area contributed by atoms with E-state index in [-0.39, 0.29) is 28.7 Å². The van der Waals surface area contributed by atoms with Gasteiger partial charge in [0.2, 0.25) is 5.91 Å². The van der Waals surface area contributed by atoms with Gasteiger partial charge in [0, 0.05) is 12.7 Å². The molecule has 0 aromatic heterocycles. The molecule has 1 aliphatic rings. The number of rotatable bonds is 4. The zero-order valence-corrected chi connectivity index (χ0v) is 11.0. The molecule has 1 aromatic rings. The van der Waals surface area contributed by atoms with Crippen LogP contribution in [0.3, 0.4) is 0 Å². The molecule has 2 rings (SSSR count). The first kappa shape index (κ1) is 12.9. The Bertz CT molecular complexity index is 469. The molecule has 1 atom stereocenters. The summed E-state index contributed by atoms with van der Waals surface area (Å²) < 4.78 is 12.9. The normalized spacial score (nSPS) is 16.9. The molecule has 18 heavy (non-hydrogen) atoms. The molecule has 1 amide bonds. The number of hydrogen-bond donors (Lipinski definition) is 2. The highest BCUT2D eigenvalue weighted by Gasteiger charge is 2.15. The van der Waals surface area contributed by atoms with Gasteiger partial charge >= 0.3 is 0 Å². The highest BCUT2D eigenvalue weighted by Crippen LogP contribution is 2.36. The molecule has 0 aliphatic carbocycles. The average Bonchev–Trinajstić information content (AvgIpc) is 2.81. The average molecular weight is 265 g/mol. The summed E-state index contributed by atoms with van der Waals surface area (Å²) in [5.41, 5.74) is 0.947. The van der Waals surface area contributed by atoms with E-state index < -0.39 is 0 Å². The number of carbonyl (C=O) groups is 1. The second-order valence-corrected chi connectivity index (χ2v) is 6.17. The molecule has 1 aliphatic heterocycles. The maximum atomic E-state index is 12.9. The minimum absolute atomic E-state index is 0.0541. The van der Waals surface area contributed by atoms with Crippen molar-refractivity contribution in [3.8, 4) is 0 Å². The first-order valence-corrected chi connectivity index (χ1v) is 7.45. The molecule has 1 unspecified atom stereocenters. The highest BCUT2D eigenvalue weighted by atomic mass is 32.2. The quantitative estimate of drug-likeness (QED) is 0.805. The topological polar surface area (TPSA) is 29.1 Å². The molecule has 0 spiro atoms. The van der Waals surface area contributed by atoms with Crippen LogP contribution < -0.4 is 5.32 Å². The molecule has 1 aromatic carbocycles. The van der Waals surface area contributed by atoms with Crippen LogP contribution in [0.2, 0.25) is 0 Å². The van der Waals surface area contributed by atoms with Crippen LogP contribution in [0.5, 0.6) is 0 Å². The van der Waals surface area contributed by atoms with Crippen LogP contribution in [0.4, 0.5) is 4.39 Å². The van der Waals surface area contributed by atoms with Crippen LogP contribution in [-0.4, -0.2) is 11.7 Å². The molecule has 0 saturated carbocycles. The molecule has 0 saturated heterocycles. The van der Waals surface area contributed by atoms with E-state index in [0.29, 0.717) is 0 Å². The molecule has 2 nitrogen and oxygen atoms in total. The van der Waals surface area contributed by atoms with Crippen LogP contribution >= 0.6 is 10.9 Å². The third-order valence-electron chi connectivity index (χ3n) is 2.71. The zero-order chi connectivity index (χ0) is 13.0. The van der Waals surface area contributed by atoms with Crippen molar-refractivity contribution in [1.29, 1.82) is 0 Å². The minimum Gasteiger partial charge on any atom is -0.349 e. The first-order chi connectivity index (χ1) is 8.65. The Hall–Kier alpha value is -1.55. The number of carbonyl (C=O) groups excluding carboxylic acids is 1. The Balaban J connectivity index is 2.13. The lowest BCUT2D eigenvalue weighted by Crippen LogP contribution is -2.28. The summed E-state index contributed by atoms with van der Waals surface area (Å²) in [6.45, 7) is 1.50. The summed E-state index contributed by atoms with van der Waals surface area (Å²) >= 11 is 0. The third kappa shape index (κ3) is 3.47. The molecule has 4 heteroatoms. The molecule has 96 valence electrons. The first-order valence-electron chi connectivity index (χ1n) is 5.78. The minimum atomic E-state index is -0.316. The number of amides is 1. The smallest absolute Gasteiger partial charge is 0.217 e. The van der Waals surface area contributed by atoms with Gasteiger partial charge in [-0.25, -0.2) is 15.3 Å². The fourth-order valence-corrected chi connectivity index (χ4v) is 3.59. The summed E-state index contributed by atoms with van der Waals surface area (Å²) in [4.78, 5) is 11.3. The Morgan fingerprint density at radius 1 is 1.28 bits per heavy atom. The summed E-state index contributed by atoms with van der Waals surface area (Å²) in [5, 5.41) is 7.25. The number of halogens is 1. The molecule has 0 bridgehead atoms. The van der Waals surface area contributed by atoms with E-state index in [2.05, 4.69) is 16.1 Å². The number of allylic oxidation sites excluding steroid dienone is 2. The molecular weight excluding hydrogens is 249 g/mol. The molecule has 0 fully saturated rings. The van der Waals surface area contributed by atoms with E-state index >= 15 is 0 Å². The second-order valence-electron chi connectivity index (χ2n) is 4.18. The third-order valence-corrected chi connectivity index (χ3v) is 4.61. The summed E-state index contributed by atoms with van der Waals surface area (Å²) in [5.74, 6) is 0.534. The number of nitrogens with one attached hydrogen (secondary N) is 1. The van der Waals surface area contributed by atoms with Crippen molar-refractivity contribution in [3.63, 3.8) is 0 Å². The Kier molecular flexibility index (Phi) is 4.20. The van der Waals surface area contributed by atoms with Crippen LogP contribution in [0, 0.1) is 5.82 Å². The van der Waals surface area contributed by atoms with Gasteiger partial charge in [0.05, 0.1) is 6.04 Å². The predicted octanol–water partition coefficient (Wildman–Crippen LogP) is 3.05. The van der Waals surface area contributed by atoms with E-state index in [1.807, 2.05) is 12.2 Å². The van der Waals surface area contributed by atoms with Gasteiger partial charge in [-0.15, -0.1) is 0 Å². The largest absolute Gasteiger partial charge is 0.349 e. The monoisotopic (exact) mass is 265 g/mol. The van der Waals surface area contributed by atoms with Gasteiger partial charge in [0.1, 0.15) is 5.82 Å². The summed E-state index contributed by atoms with van der Waals surface area (Å²) in [7, 11) is -0.316. The van der Waals surface area contributed by atoms with Gasteiger partial charge < -0.3 is 5.32 Å². The Morgan fingerprint density at radius 3 is 2.44 bits per heavy atom. The maximum Gasteiger partial charge on any atom is 0.217 e. The maximum absolute atomic E-state index is 12.9. The van der Waals surface area contributed by atoms with Crippen LogP contribution in [0.15, 0.2) is 47.2 Å². The Labute approximate surface area is 109 Å². The van der Waals surface area contributed by atoms with Gasteiger partial charge in [-0.2, -0.15) is 0 Å². The van der Waals surface area contributed by atoms with Crippen LogP contribution in [0.25, 0.3) is 0 Å². The van der Waals surface area contributed by atoms with E-state index in [1.54, 1.807) is 12.1 Å². The lowest BCUT2D eigenvalue weighted by molar-refractivity contribution is -0.119. The standard InChI is InChI=1S/C14H16FNOS/c1-11(17)16-14(10-18-8-2-3-9-18)12-4-6-13(15)7-5-12/h2-9,14,18H,10H2,1H3,(H,16,17). The Morgan fingerprint density at radius 2 is 1.89 bits per heavy atom. The van der Waals surface area contributed by atoms with Gasteiger partial charge in [-0.1, -0.05) is 24.3 Å². The fraction of sp³-hybridized carbons (Fsp3) is 0.214. The van der Waals surface area contributed by atoms with Crippen molar-refractivity contribution in [2.45, 2.75) is 13.0 Å². The van der Waals surface area contributed by atoms with E-state index in [1.165, 1.54) is 19.1 Å². The lowest BCUT2D eigenvalue weighted by Gasteiger charge is -2.22. The SMILES string of the molecule is CC(=O)NC(C[SH]1C=CC=C1)c1ccc(F)cc1. The number of hydrogen-bond acceptors (Lipinski definition) is 1. The molecule has 1 N–H and O–H groups in total. The summed E-state index contributed by atoms with van der Waals surface area (Å²) in [6, 6.07) is 6.26. The second kappa shape index (κ2) is 5.87. The van der Waals surface area contributed by atoms with Gasteiger partial charge in [-0.3, -0.25) is 4.79 Å². The van der Waals surface area contributed by atoms with Crippen molar-refractivity contribution in [1.82, 2.24) is 5.32 Å². The fourth-order valence-electron chi connectivity index (χ4n) is 1.88. The zero-order valence-electron chi connectivity index (χ0n) is 10.1. The number of benzene rings is 1. The van der Waals surface area contributed by atoms with Gasteiger partial charge in [-0.05, 0) is 28.5 Å². The van der Waals surface area contributed by atoms with Crippen LogP contribution in [0.1, 0.15) is 18.5 Å². The van der Waals surface area contributed by atoms with Crippen molar-refractivity contribution in [3.05, 3.63) is 58.6 Å². The van der Waals surface area contributed by atoms with E-state index in [9.17, 15) is 9.18 Å². The molecule has 0 radical (unpaired) electrons. The van der Waals surface area contributed by atoms with Crippen molar-refractivity contribution < 1.29 is 9.18 Å². The van der Waals surface area contributed by atoms with Gasteiger partial charge in [0.25, 0.3) is 0 Å². The lowest BCUT2D eigenvalue weighted by atomic mass is 10.1. The molecular formula is C14H16FNOS. The van der Waals surface area contributed by atoms with E-state index in [4.69, 9.17) is 0 Å². The molecule has 1 heterocycles. The van der Waals surface area contributed by atoms with Crippen molar-refractivity contribution in [2.75, 3.05) is 5.75 Å². The van der Waals surface area contributed by atoms with E-state index in [0.717, 1.165) is 11.3 Å².